The van der Waals surface area contributed by atoms with Crippen molar-refractivity contribution in [3.63, 3.8) is 0 Å². The van der Waals surface area contributed by atoms with Crippen LogP contribution in [-0.2, 0) is 18.9 Å². The number of ether oxygens (including phenoxy) is 4. The zero-order valence-corrected chi connectivity index (χ0v) is 35.8. The zero-order valence-electron chi connectivity index (χ0n) is 33.8. The topological polar surface area (TPSA) is 246 Å². The summed E-state index contributed by atoms with van der Waals surface area (Å²) in [6, 6.07) is -0.363. The summed E-state index contributed by atoms with van der Waals surface area (Å²) < 4.78 is 22.8. The molecule has 0 aliphatic rings. The van der Waals surface area contributed by atoms with Crippen LogP contribution in [0.1, 0.15) is 91.9 Å². The third-order valence-corrected chi connectivity index (χ3v) is 11.3. The maximum Gasteiger partial charge on any atom is 0.492 e. The minimum Gasteiger partial charge on any atom is -0.390 e. The van der Waals surface area contributed by atoms with Crippen LogP contribution < -0.4 is 0 Å². The van der Waals surface area contributed by atoms with E-state index in [9.17, 15) is 49.2 Å². The van der Waals surface area contributed by atoms with E-state index in [1.165, 1.54) is 0 Å². The van der Waals surface area contributed by atoms with Gasteiger partial charge in [-0.25, -0.2) is 0 Å². The minimum atomic E-state index is -4.17. The van der Waals surface area contributed by atoms with Gasteiger partial charge in [-0.3, -0.25) is 9.80 Å². The molecule has 54 heavy (non-hydrogen) atoms. The van der Waals surface area contributed by atoms with Crippen molar-refractivity contribution in [2.24, 2.45) is 11.8 Å². The molecule has 326 valence electrons. The van der Waals surface area contributed by atoms with Gasteiger partial charge in [0, 0.05) is 77.8 Å². The third kappa shape index (κ3) is 33.9. The summed E-state index contributed by atoms with van der Waals surface area (Å²) in [6.07, 6.45) is 5.49. The number of aliphatic hydroxyl groups is 4. The quantitative estimate of drug-likeness (QED) is 0.0293. The molecule has 0 aliphatic heterocycles. The summed E-state index contributed by atoms with van der Waals surface area (Å²) in [6.45, 7) is 11.4. The molecule has 0 radical (unpaired) electrons. The Morgan fingerprint density at radius 1 is 0.444 bits per heavy atom. The van der Waals surface area contributed by atoms with Crippen molar-refractivity contribution < 1.29 is 68.1 Å². The van der Waals surface area contributed by atoms with E-state index in [0.29, 0.717) is 38.1 Å². The van der Waals surface area contributed by atoms with E-state index in [0.717, 1.165) is 51.4 Å². The normalized spacial score (nSPS) is 16.2. The van der Waals surface area contributed by atoms with E-state index in [-0.39, 0.29) is 90.8 Å². The molecule has 0 bridgehead atoms. The first-order valence-corrected chi connectivity index (χ1v) is 24.4. The number of nitrogens with zero attached hydrogens (tertiary/aromatic N) is 2. The average Bonchev–Trinajstić information content (AvgIpc) is 3.08. The van der Waals surface area contributed by atoms with Gasteiger partial charge in [-0.05, 0) is 37.5 Å². The fourth-order valence-corrected chi connectivity index (χ4v) is 7.24. The Bertz CT molecular complexity index is 784. The second kappa shape index (κ2) is 32.7. The van der Waals surface area contributed by atoms with Crippen molar-refractivity contribution in [3.05, 3.63) is 0 Å². The van der Waals surface area contributed by atoms with Crippen LogP contribution in [0.4, 0.5) is 0 Å². The Kier molecular flexibility index (Phi) is 32.6. The Labute approximate surface area is 327 Å². The molecule has 0 aliphatic carbocycles. The molecule has 6 unspecified atom stereocenters. The monoisotopic (exact) mass is 821 g/mol. The van der Waals surface area contributed by atoms with Gasteiger partial charge in [0.1, 0.15) is 0 Å². The molecule has 0 aromatic rings. The zero-order chi connectivity index (χ0) is 40.8. The Morgan fingerprint density at radius 3 is 1.04 bits per heavy atom. The third-order valence-electron chi connectivity index (χ3n) is 9.24. The molecule has 0 saturated heterocycles. The molecule has 0 amide bonds. The van der Waals surface area contributed by atoms with E-state index in [1.807, 2.05) is 9.80 Å². The van der Waals surface area contributed by atoms with Gasteiger partial charge in [0.2, 0.25) is 0 Å². The Hall–Kier alpha value is -0.206. The summed E-state index contributed by atoms with van der Waals surface area (Å²) in [7, 11) is -8.34. The summed E-state index contributed by atoms with van der Waals surface area (Å²) in [4.78, 5) is 58.9. The number of hydrogen-bond donors (Lipinski definition) is 10. The lowest BCUT2D eigenvalue weighted by Crippen LogP contribution is -2.47. The molecular formula is C36H80N2O14Si2. The fourth-order valence-electron chi connectivity index (χ4n) is 6.00. The molecule has 10 N–H and O–H groups in total. The Morgan fingerprint density at radius 2 is 0.759 bits per heavy atom. The number of hydrogen-bond acceptors (Lipinski definition) is 16. The summed E-state index contributed by atoms with van der Waals surface area (Å²) in [5.41, 5.74) is 0. The van der Waals surface area contributed by atoms with Crippen LogP contribution in [0.25, 0.3) is 0 Å². The number of aliphatic hydroxyl groups excluding tert-OH is 4. The lowest BCUT2D eigenvalue weighted by Gasteiger charge is -2.32. The summed E-state index contributed by atoms with van der Waals surface area (Å²) in [5, 5.41) is 43.6. The van der Waals surface area contributed by atoms with Gasteiger partial charge in [0.05, 0.1) is 50.8 Å². The predicted octanol–water partition coefficient (Wildman–Crippen LogP) is 0.145. The van der Waals surface area contributed by atoms with Crippen molar-refractivity contribution in [3.8, 4) is 0 Å². The van der Waals surface area contributed by atoms with Crippen molar-refractivity contribution >= 4 is 17.6 Å². The van der Waals surface area contributed by atoms with Gasteiger partial charge in [-0.2, -0.15) is 0 Å². The number of rotatable bonds is 39. The lowest BCUT2D eigenvalue weighted by molar-refractivity contribution is -0.0291. The van der Waals surface area contributed by atoms with E-state index in [1.54, 1.807) is 0 Å². The molecule has 0 heterocycles. The van der Waals surface area contributed by atoms with Crippen LogP contribution in [0.3, 0.4) is 0 Å². The highest BCUT2D eigenvalue weighted by molar-refractivity contribution is 6.56. The van der Waals surface area contributed by atoms with Crippen molar-refractivity contribution in [2.75, 3.05) is 92.1 Å². The maximum atomic E-state index is 11.0. The van der Waals surface area contributed by atoms with Crippen LogP contribution in [0.2, 0.25) is 12.1 Å². The Balaban J connectivity index is 5.55. The van der Waals surface area contributed by atoms with Crippen LogP contribution >= 0.6 is 0 Å². The molecule has 0 fully saturated rings. The van der Waals surface area contributed by atoms with Crippen LogP contribution in [0, 0.1) is 11.8 Å². The second-order valence-corrected chi connectivity index (χ2v) is 19.0. The molecular weight excluding hydrogens is 741 g/mol. The summed E-state index contributed by atoms with van der Waals surface area (Å²) in [5.74, 6) is 0.861. The largest absolute Gasteiger partial charge is 0.492 e. The lowest BCUT2D eigenvalue weighted by atomic mass is 10.0. The summed E-state index contributed by atoms with van der Waals surface area (Å²) >= 11 is 0. The first-order valence-electron chi connectivity index (χ1n) is 20.3. The van der Waals surface area contributed by atoms with E-state index < -0.39 is 42.0 Å². The van der Waals surface area contributed by atoms with Crippen LogP contribution in [0.15, 0.2) is 0 Å². The number of unbranched alkanes of at least 4 members (excludes halogenated alkanes) is 2. The molecule has 0 saturated carbocycles. The smallest absolute Gasteiger partial charge is 0.390 e. The molecule has 0 spiro atoms. The van der Waals surface area contributed by atoms with Crippen molar-refractivity contribution in [2.45, 2.75) is 128 Å². The van der Waals surface area contributed by atoms with Gasteiger partial charge in [-0.15, -0.1) is 0 Å². The first kappa shape index (κ1) is 53.8. The van der Waals surface area contributed by atoms with Gasteiger partial charge < -0.3 is 68.1 Å². The first-order chi connectivity index (χ1) is 25.5. The predicted molar refractivity (Wildman–Crippen MR) is 210 cm³/mol. The van der Waals surface area contributed by atoms with Gasteiger partial charge in [-0.1, -0.05) is 66.2 Å². The highest BCUT2D eigenvalue weighted by Gasteiger charge is 2.27. The highest BCUT2D eigenvalue weighted by atomic mass is 28.4. The van der Waals surface area contributed by atoms with Gasteiger partial charge >= 0.3 is 17.6 Å². The molecule has 16 nitrogen and oxygen atoms in total. The molecule has 0 aromatic carbocycles. The van der Waals surface area contributed by atoms with Gasteiger partial charge in [0.25, 0.3) is 0 Å². The van der Waals surface area contributed by atoms with Crippen molar-refractivity contribution in [1.29, 1.82) is 0 Å². The molecule has 0 aromatic heterocycles. The fraction of sp³-hybridized carbons (Fsp3) is 1.00. The highest BCUT2D eigenvalue weighted by Crippen LogP contribution is 2.15. The average molecular weight is 821 g/mol. The van der Waals surface area contributed by atoms with Crippen LogP contribution in [0.5, 0.6) is 0 Å². The molecule has 18 heteroatoms. The maximum absolute atomic E-state index is 11.0. The van der Waals surface area contributed by atoms with E-state index in [2.05, 4.69) is 27.7 Å². The minimum absolute atomic E-state index is 0.0705. The SMILES string of the molecule is CCCCC(CC)COCC(O)CN(CCN(CC(O)COCCC[Si](O)(O)O)CC(O)COCCC[Si](O)(O)O)CC(O)COCC(CC)CCCC. The standard InChI is InChI=1S/C36H80N2O14Si2/c1-5-9-13-31(7-3)25-51-29-35(41)23-38(24-36(42)30-52-26-32(8-4)14-10-6-2)16-15-37(21-33(39)27-49-17-11-19-53(43,44)45)22-34(40)28-50-18-12-20-54(46,47)48/h31-36,39-48H,5-30H2,1-4H3. The van der Waals surface area contributed by atoms with Gasteiger partial charge in [0.15, 0.2) is 0 Å². The van der Waals surface area contributed by atoms with Crippen LogP contribution in [-0.4, -0.2) is 193 Å². The van der Waals surface area contributed by atoms with Crippen molar-refractivity contribution in [1.82, 2.24) is 9.80 Å². The van der Waals surface area contributed by atoms with E-state index in [4.69, 9.17) is 18.9 Å². The molecule has 0 rings (SSSR count). The molecule has 6 atom stereocenters. The second-order valence-electron chi connectivity index (χ2n) is 14.9. The van der Waals surface area contributed by atoms with E-state index >= 15 is 0 Å².